The van der Waals surface area contributed by atoms with E-state index in [0.717, 1.165) is 25.7 Å². The van der Waals surface area contributed by atoms with Crippen molar-refractivity contribution in [3.63, 3.8) is 0 Å². The van der Waals surface area contributed by atoms with Gasteiger partial charge < -0.3 is 5.73 Å². The van der Waals surface area contributed by atoms with E-state index < -0.39 is 12.0 Å². The van der Waals surface area contributed by atoms with E-state index in [-0.39, 0.29) is 5.92 Å². The van der Waals surface area contributed by atoms with Gasteiger partial charge in [-0.25, -0.2) is 8.78 Å². The van der Waals surface area contributed by atoms with Crippen LogP contribution in [0.1, 0.15) is 39.5 Å². The Hall–Kier alpha value is -0.180. The molecule has 0 radical (unpaired) electrons. The fourth-order valence-electron chi connectivity index (χ4n) is 2.06. The van der Waals surface area contributed by atoms with E-state index in [1.54, 1.807) is 0 Å². The van der Waals surface area contributed by atoms with Gasteiger partial charge in [-0.3, -0.25) is 0 Å². The minimum Gasteiger partial charge on any atom is -0.320 e. The predicted octanol–water partition coefficient (Wildman–Crippen LogP) is 2.80. The smallest absolute Gasteiger partial charge is 0.256 e. The van der Waals surface area contributed by atoms with Crippen LogP contribution in [0.5, 0.6) is 0 Å². The van der Waals surface area contributed by atoms with Crippen molar-refractivity contribution in [3.05, 3.63) is 0 Å². The lowest BCUT2D eigenvalue weighted by atomic mass is 9.73. The predicted molar refractivity (Wildman–Crippen MR) is 49.7 cm³/mol. The Morgan fingerprint density at radius 3 is 2.08 bits per heavy atom. The van der Waals surface area contributed by atoms with Gasteiger partial charge in [-0.1, -0.05) is 19.8 Å². The molecule has 0 bridgehead atoms. The molecular weight excluding hydrogens is 172 g/mol. The molecule has 2 N–H and O–H groups in total. The molecule has 78 valence electrons. The molecule has 0 aromatic heterocycles. The van der Waals surface area contributed by atoms with Crippen LogP contribution in [0.2, 0.25) is 0 Å². The largest absolute Gasteiger partial charge is 0.320 e. The maximum Gasteiger partial charge on any atom is 0.256 e. The fourth-order valence-corrected chi connectivity index (χ4v) is 2.06. The number of hydrogen-bond donors (Lipinski definition) is 1. The molecule has 1 aliphatic carbocycles. The number of alkyl halides is 2. The maximum absolute atomic E-state index is 12.6. The van der Waals surface area contributed by atoms with Crippen molar-refractivity contribution in [2.75, 3.05) is 0 Å². The van der Waals surface area contributed by atoms with E-state index in [0.29, 0.717) is 5.92 Å². The molecule has 1 atom stereocenters. The number of hydrogen-bond acceptors (Lipinski definition) is 1. The molecule has 0 heterocycles. The van der Waals surface area contributed by atoms with Gasteiger partial charge in [-0.15, -0.1) is 0 Å². The summed E-state index contributed by atoms with van der Waals surface area (Å²) in [6, 6.07) is 0. The molecule has 0 saturated heterocycles. The molecule has 1 fully saturated rings. The van der Waals surface area contributed by atoms with Crippen LogP contribution in [0, 0.1) is 11.8 Å². The monoisotopic (exact) mass is 191 g/mol. The molecular formula is C10H19F2N. The highest BCUT2D eigenvalue weighted by Gasteiger charge is 2.39. The average molecular weight is 191 g/mol. The molecule has 1 rings (SSSR count). The van der Waals surface area contributed by atoms with E-state index in [2.05, 4.69) is 6.92 Å². The van der Waals surface area contributed by atoms with Gasteiger partial charge in [-0.2, -0.15) is 0 Å². The van der Waals surface area contributed by atoms with Crippen molar-refractivity contribution in [2.45, 2.75) is 51.5 Å². The van der Waals surface area contributed by atoms with Gasteiger partial charge in [0.1, 0.15) is 0 Å². The van der Waals surface area contributed by atoms with Gasteiger partial charge in [-0.05, 0) is 31.6 Å². The first kappa shape index (κ1) is 10.9. The minimum absolute atomic E-state index is 0.00343. The molecule has 3 heteroatoms. The third-order valence-electron chi connectivity index (χ3n) is 3.37. The van der Waals surface area contributed by atoms with Crippen molar-refractivity contribution in [2.24, 2.45) is 17.6 Å². The summed E-state index contributed by atoms with van der Waals surface area (Å²) in [5, 5.41) is 0. The summed E-state index contributed by atoms with van der Waals surface area (Å²) < 4.78 is 25.1. The van der Waals surface area contributed by atoms with Crippen molar-refractivity contribution >= 4 is 0 Å². The van der Waals surface area contributed by atoms with E-state index >= 15 is 0 Å². The Morgan fingerprint density at radius 2 is 1.69 bits per heavy atom. The summed E-state index contributed by atoms with van der Waals surface area (Å²) in [5.74, 6) is 0.688. The third-order valence-corrected chi connectivity index (χ3v) is 3.37. The molecule has 0 aromatic carbocycles. The van der Waals surface area contributed by atoms with Crippen LogP contribution in [0.3, 0.4) is 0 Å². The highest BCUT2D eigenvalue weighted by molar-refractivity contribution is 4.91. The summed E-state index contributed by atoms with van der Waals surface area (Å²) >= 11 is 0. The van der Waals surface area contributed by atoms with Gasteiger partial charge in [0.05, 0.1) is 5.54 Å². The molecule has 1 saturated carbocycles. The van der Waals surface area contributed by atoms with Gasteiger partial charge in [0, 0.05) is 0 Å². The van der Waals surface area contributed by atoms with Gasteiger partial charge >= 0.3 is 0 Å². The zero-order valence-corrected chi connectivity index (χ0v) is 8.39. The van der Waals surface area contributed by atoms with Crippen LogP contribution >= 0.6 is 0 Å². The van der Waals surface area contributed by atoms with Crippen molar-refractivity contribution in [1.29, 1.82) is 0 Å². The summed E-state index contributed by atoms with van der Waals surface area (Å²) in [6.45, 7) is 3.66. The topological polar surface area (TPSA) is 26.0 Å². The third kappa shape index (κ3) is 2.39. The Labute approximate surface area is 78.7 Å². The molecule has 1 aliphatic rings. The van der Waals surface area contributed by atoms with Gasteiger partial charge in [0.25, 0.3) is 6.43 Å². The van der Waals surface area contributed by atoms with Crippen molar-refractivity contribution in [3.8, 4) is 0 Å². The lowest BCUT2D eigenvalue weighted by molar-refractivity contribution is 0.0132. The molecule has 0 aromatic rings. The Morgan fingerprint density at radius 1 is 1.23 bits per heavy atom. The van der Waals surface area contributed by atoms with E-state index in [4.69, 9.17) is 5.73 Å². The molecule has 0 spiro atoms. The standard InChI is InChI=1S/C10H19F2N/c1-7-3-5-8(6-4-7)10(2,13)9(11)12/h7-9H,3-6,13H2,1-2H3. The zero-order chi connectivity index (χ0) is 10.1. The summed E-state index contributed by atoms with van der Waals surface area (Å²) in [5.41, 5.74) is 4.35. The van der Waals surface area contributed by atoms with Crippen LogP contribution in [0.15, 0.2) is 0 Å². The van der Waals surface area contributed by atoms with E-state index in [1.165, 1.54) is 6.92 Å². The number of rotatable bonds is 2. The molecule has 1 unspecified atom stereocenters. The van der Waals surface area contributed by atoms with Crippen LogP contribution in [0.4, 0.5) is 8.78 Å². The second-order valence-electron chi connectivity index (χ2n) is 4.62. The highest BCUT2D eigenvalue weighted by Crippen LogP contribution is 2.36. The zero-order valence-electron chi connectivity index (χ0n) is 8.39. The maximum atomic E-state index is 12.6. The lowest BCUT2D eigenvalue weighted by Gasteiger charge is -2.37. The first-order valence-corrected chi connectivity index (χ1v) is 5.01. The number of nitrogens with two attached hydrogens (primary N) is 1. The SMILES string of the molecule is CC1CCC(C(C)(N)C(F)F)CC1. The first-order chi connectivity index (χ1) is 5.94. The first-order valence-electron chi connectivity index (χ1n) is 5.01. The lowest BCUT2D eigenvalue weighted by Crippen LogP contribution is -2.51. The van der Waals surface area contributed by atoms with Gasteiger partial charge in [0.2, 0.25) is 0 Å². The Bertz CT molecular complexity index is 160. The van der Waals surface area contributed by atoms with E-state index in [9.17, 15) is 8.78 Å². The second kappa shape index (κ2) is 3.91. The fraction of sp³-hybridized carbons (Fsp3) is 1.00. The average Bonchev–Trinajstić information content (AvgIpc) is 2.04. The van der Waals surface area contributed by atoms with Crippen LogP contribution in [-0.2, 0) is 0 Å². The van der Waals surface area contributed by atoms with E-state index in [1.807, 2.05) is 0 Å². The normalized spacial score (nSPS) is 34.6. The summed E-state index contributed by atoms with van der Waals surface area (Å²) in [7, 11) is 0. The van der Waals surface area contributed by atoms with Crippen LogP contribution < -0.4 is 5.73 Å². The van der Waals surface area contributed by atoms with Crippen LogP contribution in [-0.4, -0.2) is 12.0 Å². The molecule has 13 heavy (non-hydrogen) atoms. The molecule has 1 nitrogen and oxygen atoms in total. The number of halogens is 2. The second-order valence-corrected chi connectivity index (χ2v) is 4.62. The summed E-state index contributed by atoms with van der Waals surface area (Å²) in [6.07, 6.45) is 1.41. The Balaban J connectivity index is 2.52. The molecule has 0 amide bonds. The quantitative estimate of drug-likeness (QED) is 0.713. The Kier molecular flexibility index (Phi) is 3.28. The highest BCUT2D eigenvalue weighted by atomic mass is 19.3. The van der Waals surface area contributed by atoms with Crippen molar-refractivity contribution in [1.82, 2.24) is 0 Å². The van der Waals surface area contributed by atoms with Crippen molar-refractivity contribution < 1.29 is 8.78 Å². The van der Waals surface area contributed by atoms with Crippen LogP contribution in [0.25, 0.3) is 0 Å². The minimum atomic E-state index is -2.40. The molecule has 0 aliphatic heterocycles. The van der Waals surface area contributed by atoms with Gasteiger partial charge in [0.15, 0.2) is 0 Å². The summed E-state index contributed by atoms with van der Waals surface area (Å²) in [4.78, 5) is 0.